The molecule has 0 unspecified atom stereocenters. The first-order chi connectivity index (χ1) is 13.5. The molecular weight excluding hydrogens is 364 g/mol. The highest BCUT2D eigenvalue weighted by Crippen LogP contribution is 2.42. The number of aromatic nitrogens is 3. The number of carbonyl (C=O) groups is 1. The highest BCUT2D eigenvalue weighted by molar-refractivity contribution is 5.92. The van der Waals surface area contributed by atoms with Crippen LogP contribution in [0, 0.1) is 0 Å². The third kappa shape index (κ3) is 3.54. The van der Waals surface area contributed by atoms with Crippen molar-refractivity contribution in [2.75, 3.05) is 26.6 Å². The van der Waals surface area contributed by atoms with Gasteiger partial charge in [0.1, 0.15) is 11.4 Å². The topological polar surface area (TPSA) is 119 Å². The Hall–Kier alpha value is -3.75. The van der Waals surface area contributed by atoms with E-state index in [1.807, 2.05) is 6.07 Å². The molecule has 3 N–H and O–H groups in total. The van der Waals surface area contributed by atoms with E-state index in [9.17, 15) is 9.90 Å². The minimum Gasteiger partial charge on any atom is -0.502 e. The number of anilines is 1. The number of aromatic hydroxyl groups is 1. The first kappa shape index (κ1) is 19.0. The van der Waals surface area contributed by atoms with Gasteiger partial charge in [-0.1, -0.05) is 5.21 Å². The Morgan fingerprint density at radius 2 is 1.64 bits per heavy atom. The molecule has 9 heteroatoms. The van der Waals surface area contributed by atoms with Crippen LogP contribution in [0.25, 0.3) is 22.5 Å². The van der Waals surface area contributed by atoms with Gasteiger partial charge in [-0.2, -0.15) is 0 Å². The second-order valence-electron chi connectivity index (χ2n) is 5.86. The number of ether oxygens (including phenoxy) is 3. The molecule has 0 saturated carbocycles. The summed E-state index contributed by atoms with van der Waals surface area (Å²) in [5.74, 6) is 0.706. The quantitative estimate of drug-likeness (QED) is 0.598. The first-order valence-electron chi connectivity index (χ1n) is 8.30. The Bertz CT molecular complexity index is 990. The van der Waals surface area contributed by atoms with Crippen molar-refractivity contribution >= 4 is 11.6 Å². The van der Waals surface area contributed by atoms with Gasteiger partial charge in [-0.05, 0) is 30.3 Å². The maximum atomic E-state index is 11.5. The van der Waals surface area contributed by atoms with Crippen LogP contribution in [0.1, 0.15) is 6.92 Å². The molecule has 3 rings (SSSR count). The van der Waals surface area contributed by atoms with Gasteiger partial charge in [0, 0.05) is 18.1 Å². The Morgan fingerprint density at radius 1 is 1.00 bits per heavy atom. The zero-order valence-electron chi connectivity index (χ0n) is 15.9. The summed E-state index contributed by atoms with van der Waals surface area (Å²) >= 11 is 0. The molecule has 0 aliphatic carbocycles. The van der Waals surface area contributed by atoms with E-state index in [1.165, 1.54) is 28.3 Å². The summed E-state index contributed by atoms with van der Waals surface area (Å²) in [5, 5.41) is 23.8. The van der Waals surface area contributed by atoms with Crippen molar-refractivity contribution in [3.05, 3.63) is 30.3 Å². The smallest absolute Gasteiger partial charge is 0.221 e. The predicted molar refractivity (Wildman–Crippen MR) is 103 cm³/mol. The van der Waals surface area contributed by atoms with E-state index in [1.54, 1.807) is 24.3 Å². The molecule has 1 heterocycles. The maximum absolute atomic E-state index is 11.5. The molecule has 0 aliphatic heterocycles. The summed E-state index contributed by atoms with van der Waals surface area (Å²) in [6.07, 6.45) is 0. The van der Waals surface area contributed by atoms with E-state index in [4.69, 9.17) is 14.2 Å². The molecular formula is C19H20N4O5. The summed E-state index contributed by atoms with van der Waals surface area (Å²) in [6.45, 7) is 1.42. The van der Waals surface area contributed by atoms with Crippen molar-refractivity contribution in [1.29, 1.82) is 0 Å². The second kappa shape index (κ2) is 7.87. The number of hydrogen-bond acceptors (Lipinski definition) is 7. The number of phenolic OH excluding ortho intramolecular Hbond substituents is 1. The molecule has 1 aromatic heterocycles. The number of nitrogens with zero attached hydrogens (tertiary/aromatic N) is 2. The highest BCUT2D eigenvalue weighted by Gasteiger charge is 2.19. The number of aromatic amines is 1. The average molecular weight is 384 g/mol. The number of rotatable bonds is 6. The van der Waals surface area contributed by atoms with Gasteiger partial charge in [0.25, 0.3) is 0 Å². The minimum atomic E-state index is -0.216. The Morgan fingerprint density at radius 3 is 2.21 bits per heavy atom. The third-order valence-electron chi connectivity index (χ3n) is 4.10. The molecule has 1 amide bonds. The van der Waals surface area contributed by atoms with Crippen molar-refractivity contribution in [3.63, 3.8) is 0 Å². The average Bonchev–Trinajstić information content (AvgIpc) is 3.17. The van der Waals surface area contributed by atoms with Gasteiger partial charge in [0.15, 0.2) is 11.5 Å². The molecule has 0 radical (unpaired) electrons. The molecule has 0 spiro atoms. The van der Waals surface area contributed by atoms with Gasteiger partial charge in [-0.15, -0.1) is 5.10 Å². The molecule has 28 heavy (non-hydrogen) atoms. The second-order valence-corrected chi connectivity index (χ2v) is 5.86. The molecule has 0 bridgehead atoms. The van der Waals surface area contributed by atoms with Gasteiger partial charge >= 0.3 is 0 Å². The number of nitrogens with one attached hydrogen (secondary N) is 2. The maximum Gasteiger partial charge on any atom is 0.221 e. The van der Waals surface area contributed by atoms with Crippen LogP contribution in [0.15, 0.2) is 30.3 Å². The van der Waals surface area contributed by atoms with E-state index in [-0.39, 0.29) is 23.2 Å². The van der Waals surface area contributed by atoms with Gasteiger partial charge in [0.05, 0.1) is 32.7 Å². The lowest BCUT2D eigenvalue weighted by Gasteiger charge is -2.12. The molecule has 0 atom stereocenters. The predicted octanol–water partition coefficient (Wildman–Crippen LogP) is 2.83. The zero-order chi connectivity index (χ0) is 20.3. The highest BCUT2D eigenvalue weighted by atomic mass is 16.5. The van der Waals surface area contributed by atoms with E-state index < -0.39 is 0 Å². The number of benzene rings is 2. The van der Waals surface area contributed by atoms with E-state index in [0.717, 1.165) is 5.56 Å². The van der Waals surface area contributed by atoms with Crippen LogP contribution in [0.4, 0.5) is 5.69 Å². The normalized spacial score (nSPS) is 10.4. The SMILES string of the molecule is COc1ccc(-c2[nH]nnc2-c2cc(OC)c(O)c(OC)c2)cc1NC(C)=O. The number of H-pyrrole nitrogens is 1. The monoisotopic (exact) mass is 384 g/mol. The van der Waals surface area contributed by atoms with Crippen molar-refractivity contribution < 1.29 is 24.1 Å². The number of methoxy groups -OCH3 is 3. The van der Waals surface area contributed by atoms with E-state index in [0.29, 0.717) is 28.4 Å². The first-order valence-corrected chi connectivity index (χ1v) is 8.30. The zero-order valence-corrected chi connectivity index (χ0v) is 15.9. The minimum absolute atomic E-state index is 0.101. The Kier molecular flexibility index (Phi) is 5.35. The summed E-state index contributed by atoms with van der Waals surface area (Å²) in [6, 6.07) is 8.59. The molecule has 3 aromatic rings. The van der Waals surface area contributed by atoms with Crippen LogP contribution < -0.4 is 19.5 Å². The van der Waals surface area contributed by atoms with Crippen molar-refractivity contribution in [3.8, 4) is 45.5 Å². The molecule has 9 nitrogen and oxygen atoms in total. The molecule has 2 aromatic carbocycles. The molecule has 146 valence electrons. The van der Waals surface area contributed by atoms with Crippen LogP contribution in [0.2, 0.25) is 0 Å². The van der Waals surface area contributed by atoms with Crippen LogP contribution in [-0.4, -0.2) is 47.8 Å². The van der Waals surface area contributed by atoms with E-state index >= 15 is 0 Å². The lowest BCUT2D eigenvalue weighted by atomic mass is 10.0. The van der Waals surface area contributed by atoms with Gasteiger partial charge < -0.3 is 24.6 Å². The fourth-order valence-electron chi connectivity index (χ4n) is 2.81. The number of hydrogen-bond donors (Lipinski definition) is 3. The molecule has 0 fully saturated rings. The summed E-state index contributed by atoms with van der Waals surface area (Å²) < 4.78 is 15.7. The third-order valence-corrected chi connectivity index (χ3v) is 4.10. The lowest BCUT2D eigenvalue weighted by molar-refractivity contribution is -0.114. The van der Waals surface area contributed by atoms with Crippen LogP contribution in [0.3, 0.4) is 0 Å². The summed E-state index contributed by atoms with van der Waals surface area (Å²) in [4.78, 5) is 11.5. The van der Waals surface area contributed by atoms with Crippen LogP contribution in [-0.2, 0) is 4.79 Å². The van der Waals surface area contributed by atoms with E-state index in [2.05, 4.69) is 20.7 Å². The van der Waals surface area contributed by atoms with Crippen molar-refractivity contribution in [1.82, 2.24) is 15.4 Å². The number of phenols is 1. The van der Waals surface area contributed by atoms with Gasteiger partial charge in [-0.3, -0.25) is 9.89 Å². The standard InChI is InChI=1S/C19H20N4O5/c1-10(24)20-13-7-11(5-6-14(13)26-2)17-18(22-23-21-17)12-8-15(27-3)19(25)16(9-12)28-4/h5-9,25H,1-4H3,(H,20,24)(H,21,22,23). The summed E-state index contributed by atoms with van der Waals surface area (Å²) in [5.41, 5.74) is 3.02. The van der Waals surface area contributed by atoms with Crippen molar-refractivity contribution in [2.24, 2.45) is 0 Å². The Labute approximate surface area is 161 Å². The number of amides is 1. The van der Waals surface area contributed by atoms with Crippen LogP contribution >= 0.6 is 0 Å². The fourth-order valence-corrected chi connectivity index (χ4v) is 2.81. The largest absolute Gasteiger partial charge is 0.502 e. The van der Waals surface area contributed by atoms with Gasteiger partial charge in [0.2, 0.25) is 11.7 Å². The van der Waals surface area contributed by atoms with Crippen molar-refractivity contribution in [2.45, 2.75) is 6.92 Å². The Balaban J connectivity index is 2.12. The molecule has 0 saturated heterocycles. The molecule has 0 aliphatic rings. The number of carbonyl (C=O) groups excluding carboxylic acids is 1. The lowest BCUT2D eigenvalue weighted by Crippen LogP contribution is -2.07. The van der Waals surface area contributed by atoms with Gasteiger partial charge in [-0.25, -0.2) is 0 Å². The van der Waals surface area contributed by atoms with Crippen LogP contribution in [0.5, 0.6) is 23.0 Å². The summed E-state index contributed by atoms with van der Waals surface area (Å²) in [7, 11) is 4.43. The fraction of sp³-hybridized carbons (Fsp3) is 0.211.